The average Bonchev–Trinajstić information content (AvgIpc) is 2.93. The number of nitrogens with zero attached hydrogens (tertiary/aromatic N) is 1. The molecule has 0 fully saturated rings. The van der Waals surface area contributed by atoms with Crippen LogP contribution in [-0.4, -0.2) is 42.6 Å². The van der Waals surface area contributed by atoms with Crippen molar-refractivity contribution in [2.24, 2.45) is 0 Å². The van der Waals surface area contributed by atoms with E-state index in [4.69, 9.17) is 9.05 Å². The highest BCUT2D eigenvalue weighted by Gasteiger charge is 2.35. The Morgan fingerprint density at radius 2 is 1.48 bits per heavy atom. The molecule has 2 amide bonds. The maximum atomic E-state index is 12.9. The van der Waals surface area contributed by atoms with E-state index in [1.165, 1.54) is 0 Å². The van der Waals surface area contributed by atoms with E-state index in [1.807, 2.05) is 30.3 Å². The summed E-state index contributed by atoms with van der Waals surface area (Å²) < 4.78 is 23.8. The quantitative estimate of drug-likeness (QED) is 0.484. The number of rotatable bonds is 9. The van der Waals surface area contributed by atoms with Crippen molar-refractivity contribution in [2.75, 3.05) is 25.9 Å². The highest BCUT2D eigenvalue weighted by atomic mass is 31.2. The van der Waals surface area contributed by atoms with Gasteiger partial charge in [-0.15, -0.1) is 0 Å². The summed E-state index contributed by atoms with van der Waals surface area (Å²) in [7, 11) is -3.30. The Labute approximate surface area is 158 Å². The number of benzene rings is 2. The van der Waals surface area contributed by atoms with Gasteiger partial charge in [-0.05, 0) is 31.0 Å². The van der Waals surface area contributed by atoms with Crippen LogP contribution < -0.4 is 0 Å². The fraction of sp³-hybridized carbons (Fsp3) is 0.300. The number of fused-ring (bicyclic) bond motifs is 1. The standard InChI is InChI=1S/C20H22NO5P/c1-2-25-27(24,15-12-16-8-4-3-5-9-16)26-14-13-21-19(22)17-10-6-7-11-18(17)20(21)23/h3-11H,2,12-15H2,1H3. The lowest BCUT2D eigenvalue weighted by molar-refractivity contribution is 0.0623. The summed E-state index contributed by atoms with van der Waals surface area (Å²) in [5, 5.41) is 0. The number of amides is 2. The molecule has 0 radical (unpaired) electrons. The first-order valence-corrected chi connectivity index (χ1v) is 10.6. The van der Waals surface area contributed by atoms with Crippen LogP contribution in [0.5, 0.6) is 0 Å². The van der Waals surface area contributed by atoms with Gasteiger partial charge in [-0.1, -0.05) is 42.5 Å². The van der Waals surface area contributed by atoms with E-state index in [2.05, 4.69) is 0 Å². The topological polar surface area (TPSA) is 72.9 Å². The molecule has 0 aromatic heterocycles. The van der Waals surface area contributed by atoms with Crippen LogP contribution in [0.4, 0.5) is 0 Å². The third-order valence-corrected chi connectivity index (χ3v) is 6.32. The zero-order valence-corrected chi connectivity index (χ0v) is 16.1. The first kappa shape index (κ1) is 19.5. The Bertz CT molecular complexity index is 833. The lowest BCUT2D eigenvalue weighted by Crippen LogP contribution is -2.33. The number of carbonyl (C=O) groups is 2. The number of aryl methyl sites for hydroxylation is 1. The van der Waals surface area contributed by atoms with Gasteiger partial charge < -0.3 is 9.05 Å². The van der Waals surface area contributed by atoms with E-state index in [0.29, 0.717) is 17.5 Å². The van der Waals surface area contributed by atoms with E-state index in [9.17, 15) is 14.2 Å². The van der Waals surface area contributed by atoms with E-state index in [1.54, 1.807) is 31.2 Å². The molecule has 1 aliphatic heterocycles. The fourth-order valence-corrected chi connectivity index (χ4v) is 4.61. The smallest absolute Gasteiger partial charge is 0.309 e. The molecular formula is C20H22NO5P. The molecule has 1 unspecified atom stereocenters. The van der Waals surface area contributed by atoms with Crippen LogP contribution in [0.3, 0.4) is 0 Å². The Balaban J connectivity index is 1.58. The van der Waals surface area contributed by atoms with Gasteiger partial charge in [0.15, 0.2) is 0 Å². The van der Waals surface area contributed by atoms with Gasteiger partial charge in [-0.25, -0.2) is 0 Å². The average molecular weight is 387 g/mol. The molecule has 6 nitrogen and oxygen atoms in total. The molecule has 0 N–H and O–H groups in total. The summed E-state index contributed by atoms with van der Waals surface area (Å²) in [6.45, 7) is 2.02. The Hall–Kier alpha value is -2.27. The molecule has 2 aromatic rings. The number of carbonyl (C=O) groups excluding carboxylic acids is 2. The molecule has 0 spiro atoms. The normalized spacial score (nSPS) is 15.7. The van der Waals surface area contributed by atoms with Gasteiger partial charge in [0.25, 0.3) is 11.8 Å². The molecule has 1 atom stereocenters. The van der Waals surface area contributed by atoms with Crippen molar-refractivity contribution in [1.29, 1.82) is 0 Å². The van der Waals surface area contributed by atoms with Crippen LogP contribution in [0.2, 0.25) is 0 Å². The van der Waals surface area contributed by atoms with Crippen molar-refractivity contribution in [2.45, 2.75) is 13.3 Å². The zero-order chi connectivity index (χ0) is 19.3. The molecule has 0 bridgehead atoms. The molecule has 0 saturated heterocycles. The van der Waals surface area contributed by atoms with Crippen molar-refractivity contribution in [3.05, 3.63) is 71.3 Å². The summed E-state index contributed by atoms with van der Waals surface area (Å²) >= 11 is 0. The molecule has 0 aliphatic carbocycles. The van der Waals surface area contributed by atoms with E-state index in [-0.39, 0.29) is 37.7 Å². The Morgan fingerprint density at radius 1 is 0.889 bits per heavy atom. The van der Waals surface area contributed by atoms with Crippen LogP contribution >= 0.6 is 7.60 Å². The maximum Gasteiger partial charge on any atom is 0.331 e. The van der Waals surface area contributed by atoms with Crippen molar-refractivity contribution in [1.82, 2.24) is 4.90 Å². The second-order valence-electron chi connectivity index (χ2n) is 6.13. The highest BCUT2D eigenvalue weighted by molar-refractivity contribution is 7.53. The van der Waals surface area contributed by atoms with Crippen molar-refractivity contribution < 1.29 is 23.2 Å². The zero-order valence-electron chi connectivity index (χ0n) is 15.2. The van der Waals surface area contributed by atoms with Crippen molar-refractivity contribution in [3.8, 4) is 0 Å². The van der Waals surface area contributed by atoms with Crippen LogP contribution in [0.25, 0.3) is 0 Å². The summed E-state index contributed by atoms with van der Waals surface area (Å²) in [5.41, 5.74) is 1.82. The molecule has 3 rings (SSSR count). The number of hydrogen-bond donors (Lipinski definition) is 0. The molecular weight excluding hydrogens is 365 g/mol. The Morgan fingerprint density at radius 3 is 2.07 bits per heavy atom. The lowest BCUT2D eigenvalue weighted by Gasteiger charge is -2.20. The third kappa shape index (κ3) is 4.53. The van der Waals surface area contributed by atoms with Gasteiger partial charge in [0.2, 0.25) is 0 Å². The fourth-order valence-electron chi connectivity index (χ4n) is 2.99. The summed E-state index contributed by atoms with van der Waals surface area (Å²) in [4.78, 5) is 25.8. The molecule has 7 heteroatoms. The lowest BCUT2D eigenvalue weighted by atomic mass is 10.1. The van der Waals surface area contributed by atoms with Gasteiger partial charge in [0, 0.05) is 0 Å². The summed E-state index contributed by atoms with van der Waals surface area (Å²) in [6.07, 6.45) is 0.804. The summed E-state index contributed by atoms with van der Waals surface area (Å²) in [5.74, 6) is -0.704. The van der Waals surface area contributed by atoms with Crippen molar-refractivity contribution in [3.63, 3.8) is 0 Å². The van der Waals surface area contributed by atoms with E-state index in [0.717, 1.165) is 10.5 Å². The maximum absolute atomic E-state index is 12.9. The van der Waals surface area contributed by atoms with Gasteiger partial charge >= 0.3 is 7.60 Å². The van der Waals surface area contributed by atoms with Crippen LogP contribution in [-0.2, 0) is 20.0 Å². The Kier molecular flexibility index (Phi) is 6.22. The molecule has 27 heavy (non-hydrogen) atoms. The molecule has 142 valence electrons. The van der Waals surface area contributed by atoms with Crippen molar-refractivity contribution >= 4 is 19.4 Å². The third-order valence-electron chi connectivity index (χ3n) is 4.32. The van der Waals surface area contributed by atoms with Crippen LogP contribution in [0.1, 0.15) is 33.2 Å². The van der Waals surface area contributed by atoms with E-state index < -0.39 is 7.60 Å². The van der Waals surface area contributed by atoms with Gasteiger partial charge in [0.05, 0.1) is 37.0 Å². The van der Waals surface area contributed by atoms with Gasteiger partial charge in [0.1, 0.15) is 0 Å². The SMILES string of the molecule is CCOP(=O)(CCc1ccccc1)OCCN1C(=O)c2ccccc2C1=O. The van der Waals surface area contributed by atoms with Crippen LogP contribution in [0.15, 0.2) is 54.6 Å². The predicted molar refractivity (Wildman–Crippen MR) is 102 cm³/mol. The minimum Gasteiger partial charge on any atom is -0.309 e. The van der Waals surface area contributed by atoms with Gasteiger partial charge in [-0.3, -0.25) is 19.1 Å². The molecule has 0 saturated carbocycles. The minimum absolute atomic E-state index is 0.0302. The first-order valence-electron chi connectivity index (χ1n) is 8.91. The minimum atomic E-state index is -3.30. The first-order chi connectivity index (χ1) is 13.0. The molecule has 1 aliphatic rings. The molecule has 2 aromatic carbocycles. The number of imide groups is 1. The molecule has 1 heterocycles. The predicted octanol–water partition coefficient (Wildman–Crippen LogP) is 3.77. The monoisotopic (exact) mass is 387 g/mol. The summed E-state index contributed by atoms with van der Waals surface area (Å²) in [6, 6.07) is 16.4. The highest BCUT2D eigenvalue weighted by Crippen LogP contribution is 2.48. The second-order valence-corrected chi connectivity index (χ2v) is 8.31. The van der Waals surface area contributed by atoms with E-state index >= 15 is 0 Å². The van der Waals surface area contributed by atoms with Crippen LogP contribution in [0, 0.1) is 0 Å². The van der Waals surface area contributed by atoms with Gasteiger partial charge in [-0.2, -0.15) is 0 Å². The number of hydrogen-bond acceptors (Lipinski definition) is 5. The largest absolute Gasteiger partial charge is 0.331 e. The second kappa shape index (κ2) is 8.61.